The van der Waals surface area contributed by atoms with Crippen LogP contribution in [0.15, 0.2) is 36.4 Å². The van der Waals surface area contributed by atoms with Gasteiger partial charge in [-0.3, -0.25) is 0 Å². The summed E-state index contributed by atoms with van der Waals surface area (Å²) >= 11 is 0. The van der Waals surface area contributed by atoms with Crippen LogP contribution < -0.4 is 5.73 Å². The quantitative estimate of drug-likeness (QED) is 0.647. The molecule has 90 valence electrons. The van der Waals surface area contributed by atoms with E-state index < -0.39 is 11.6 Å². The number of nitrogens with one attached hydrogen (secondary N) is 1. The topological polar surface area (TPSA) is 54.7 Å². The molecule has 3 rings (SSSR count). The maximum absolute atomic E-state index is 13.5. The standard InChI is InChI=1S/C13H9F2N3/c14-8-5-4-7(6-10(8)16)13-17-11-3-1-2-9(15)12(11)18-13/h1-6H,16H2,(H,17,18). The summed E-state index contributed by atoms with van der Waals surface area (Å²) in [5, 5.41) is 0. The molecule has 0 aliphatic heterocycles. The molecule has 0 aliphatic rings. The third kappa shape index (κ3) is 1.60. The molecule has 0 amide bonds. The van der Waals surface area contributed by atoms with Gasteiger partial charge in [-0.05, 0) is 30.3 Å². The van der Waals surface area contributed by atoms with E-state index in [4.69, 9.17) is 5.73 Å². The van der Waals surface area contributed by atoms with Crippen molar-refractivity contribution >= 4 is 16.7 Å². The Labute approximate surface area is 101 Å². The number of benzene rings is 2. The number of rotatable bonds is 1. The Morgan fingerprint density at radius 2 is 1.89 bits per heavy atom. The lowest BCUT2D eigenvalue weighted by atomic mass is 10.2. The molecule has 0 unspecified atom stereocenters. The molecule has 0 atom stereocenters. The third-order valence-electron chi connectivity index (χ3n) is 2.73. The summed E-state index contributed by atoms with van der Waals surface area (Å²) < 4.78 is 26.6. The highest BCUT2D eigenvalue weighted by molar-refractivity contribution is 5.80. The number of hydrogen-bond acceptors (Lipinski definition) is 2. The number of halogens is 2. The molecule has 0 saturated carbocycles. The summed E-state index contributed by atoms with van der Waals surface area (Å²) in [4.78, 5) is 7.11. The minimum Gasteiger partial charge on any atom is -0.396 e. The normalized spacial score (nSPS) is 11.0. The second-order valence-electron chi connectivity index (χ2n) is 3.96. The fourth-order valence-electron chi connectivity index (χ4n) is 1.82. The van der Waals surface area contributed by atoms with E-state index in [0.29, 0.717) is 16.9 Å². The van der Waals surface area contributed by atoms with Gasteiger partial charge >= 0.3 is 0 Å². The highest BCUT2D eigenvalue weighted by Crippen LogP contribution is 2.24. The fraction of sp³-hybridized carbons (Fsp3) is 0. The van der Waals surface area contributed by atoms with E-state index >= 15 is 0 Å². The Morgan fingerprint density at radius 3 is 2.61 bits per heavy atom. The molecule has 1 aromatic heterocycles. The van der Waals surface area contributed by atoms with Gasteiger partial charge in [0.2, 0.25) is 0 Å². The predicted octanol–water partition coefficient (Wildman–Crippen LogP) is 3.09. The average Bonchev–Trinajstić information content (AvgIpc) is 2.78. The van der Waals surface area contributed by atoms with Crippen LogP contribution in [0.2, 0.25) is 0 Å². The van der Waals surface area contributed by atoms with Gasteiger partial charge in [-0.15, -0.1) is 0 Å². The van der Waals surface area contributed by atoms with Gasteiger partial charge in [0, 0.05) is 5.56 Å². The average molecular weight is 245 g/mol. The second-order valence-corrected chi connectivity index (χ2v) is 3.96. The maximum atomic E-state index is 13.5. The minimum atomic E-state index is -0.485. The van der Waals surface area contributed by atoms with Crippen molar-refractivity contribution < 1.29 is 8.78 Å². The molecule has 0 bridgehead atoms. The van der Waals surface area contributed by atoms with Crippen molar-refractivity contribution in [2.45, 2.75) is 0 Å². The van der Waals surface area contributed by atoms with Crippen molar-refractivity contribution in [2.75, 3.05) is 5.73 Å². The smallest absolute Gasteiger partial charge is 0.151 e. The monoisotopic (exact) mass is 245 g/mol. The molecule has 0 spiro atoms. The first kappa shape index (κ1) is 10.7. The highest BCUT2D eigenvalue weighted by Gasteiger charge is 2.09. The van der Waals surface area contributed by atoms with Gasteiger partial charge in [0.15, 0.2) is 5.82 Å². The van der Waals surface area contributed by atoms with Gasteiger partial charge in [0.05, 0.1) is 11.2 Å². The predicted molar refractivity (Wildman–Crippen MR) is 65.9 cm³/mol. The summed E-state index contributed by atoms with van der Waals surface area (Å²) in [5.41, 5.74) is 6.99. The van der Waals surface area contributed by atoms with Crippen LogP contribution in [0.1, 0.15) is 0 Å². The molecule has 0 radical (unpaired) electrons. The first-order valence-corrected chi connectivity index (χ1v) is 5.35. The molecule has 2 aromatic carbocycles. The second kappa shape index (κ2) is 3.80. The SMILES string of the molecule is Nc1cc(-c2nc3c(F)cccc3[nH]2)ccc1F. The molecule has 3 nitrogen and oxygen atoms in total. The van der Waals surface area contributed by atoms with E-state index in [1.54, 1.807) is 18.2 Å². The van der Waals surface area contributed by atoms with E-state index in [2.05, 4.69) is 9.97 Å². The van der Waals surface area contributed by atoms with Crippen LogP contribution >= 0.6 is 0 Å². The molecule has 1 heterocycles. The number of nitrogen functional groups attached to an aromatic ring is 1. The number of aromatic nitrogens is 2. The van der Waals surface area contributed by atoms with Gasteiger partial charge in [0.25, 0.3) is 0 Å². The van der Waals surface area contributed by atoms with Gasteiger partial charge in [-0.1, -0.05) is 6.07 Å². The number of aromatic amines is 1. The van der Waals surface area contributed by atoms with Crippen molar-refractivity contribution in [2.24, 2.45) is 0 Å². The number of H-pyrrole nitrogens is 1. The van der Waals surface area contributed by atoms with Crippen LogP contribution in [0, 0.1) is 11.6 Å². The van der Waals surface area contributed by atoms with Crippen LogP contribution in [0.4, 0.5) is 14.5 Å². The minimum absolute atomic E-state index is 0.0356. The van der Waals surface area contributed by atoms with Crippen LogP contribution in [0.3, 0.4) is 0 Å². The molecule has 3 N–H and O–H groups in total. The van der Waals surface area contributed by atoms with Crippen molar-refractivity contribution in [3.8, 4) is 11.4 Å². The Hall–Kier alpha value is -2.43. The Kier molecular flexibility index (Phi) is 2.26. The maximum Gasteiger partial charge on any atom is 0.151 e. The molecule has 3 aromatic rings. The number of fused-ring (bicyclic) bond motifs is 1. The molecular weight excluding hydrogens is 236 g/mol. The lowest BCUT2D eigenvalue weighted by Crippen LogP contribution is -1.91. The summed E-state index contributed by atoms with van der Waals surface area (Å²) in [6.45, 7) is 0. The van der Waals surface area contributed by atoms with E-state index in [9.17, 15) is 8.78 Å². The highest BCUT2D eigenvalue weighted by atomic mass is 19.1. The molecular formula is C13H9F2N3. The Balaban J connectivity index is 2.19. The summed E-state index contributed by atoms with van der Waals surface area (Å²) in [7, 11) is 0. The van der Waals surface area contributed by atoms with Crippen molar-refractivity contribution in [3.63, 3.8) is 0 Å². The van der Waals surface area contributed by atoms with E-state index in [1.807, 2.05) is 0 Å². The zero-order valence-corrected chi connectivity index (χ0v) is 9.24. The van der Waals surface area contributed by atoms with Crippen molar-refractivity contribution in [1.82, 2.24) is 9.97 Å². The van der Waals surface area contributed by atoms with Crippen molar-refractivity contribution in [3.05, 3.63) is 48.0 Å². The van der Waals surface area contributed by atoms with Gasteiger partial charge < -0.3 is 10.7 Å². The molecule has 5 heteroatoms. The summed E-state index contributed by atoms with van der Waals surface area (Å²) in [6.07, 6.45) is 0. The first-order valence-electron chi connectivity index (χ1n) is 5.35. The van der Waals surface area contributed by atoms with E-state index in [1.165, 1.54) is 18.2 Å². The Bertz CT molecular complexity index is 734. The van der Waals surface area contributed by atoms with Gasteiger partial charge in [-0.2, -0.15) is 0 Å². The van der Waals surface area contributed by atoms with E-state index in [0.717, 1.165) is 0 Å². The number of imidazole rings is 1. The number of nitrogens with two attached hydrogens (primary N) is 1. The first-order chi connectivity index (χ1) is 8.65. The molecule has 0 fully saturated rings. The molecule has 0 aliphatic carbocycles. The van der Waals surface area contributed by atoms with E-state index in [-0.39, 0.29) is 11.2 Å². The third-order valence-corrected chi connectivity index (χ3v) is 2.73. The Morgan fingerprint density at radius 1 is 1.06 bits per heavy atom. The van der Waals surface area contributed by atoms with Crippen LogP contribution in [-0.2, 0) is 0 Å². The number of para-hydroxylation sites is 1. The van der Waals surface area contributed by atoms with Crippen LogP contribution in [0.5, 0.6) is 0 Å². The summed E-state index contributed by atoms with van der Waals surface area (Å²) in [6, 6.07) is 8.92. The zero-order chi connectivity index (χ0) is 12.7. The fourth-order valence-corrected chi connectivity index (χ4v) is 1.82. The number of hydrogen-bond donors (Lipinski definition) is 2. The van der Waals surface area contributed by atoms with Gasteiger partial charge in [0.1, 0.15) is 17.2 Å². The van der Waals surface area contributed by atoms with Crippen LogP contribution in [-0.4, -0.2) is 9.97 Å². The largest absolute Gasteiger partial charge is 0.396 e. The number of anilines is 1. The lowest BCUT2D eigenvalue weighted by Gasteiger charge is -1.99. The van der Waals surface area contributed by atoms with Crippen LogP contribution in [0.25, 0.3) is 22.4 Å². The van der Waals surface area contributed by atoms with Gasteiger partial charge in [-0.25, -0.2) is 13.8 Å². The molecule has 18 heavy (non-hydrogen) atoms. The molecule has 0 saturated heterocycles. The lowest BCUT2D eigenvalue weighted by molar-refractivity contribution is 0.632. The zero-order valence-electron chi connectivity index (χ0n) is 9.24. The van der Waals surface area contributed by atoms with Crippen molar-refractivity contribution in [1.29, 1.82) is 0 Å². The number of nitrogens with zero attached hydrogens (tertiary/aromatic N) is 1. The summed E-state index contributed by atoms with van der Waals surface area (Å²) in [5.74, 6) is -0.423.